The molecule has 1 aromatic carbocycles. The molecule has 1 saturated carbocycles. The van der Waals surface area contributed by atoms with Gasteiger partial charge >= 0.3 is 0 Å². The molecule has 0 radical (unpaired) electrons. The molecule has 1 aromatic rings. The average molecular weight is 219 g/mol. The van der Waals surface area contributed by atoms with Gasteiger partial charge < -0.3 is 10.5 Å². The minimum absolute atomic E-state index is 0.154. The molecule has 1 fully saturated rings. The van der Waals surface area contributed by atoms with Gasteiger partial charge in [0.15, 0.2) is 0 Å². The van der Waals surface area contributed by atoms with Gasteiger partial charge in [0.1, 0.15) is 5.75 Å². The second-order valence-corrected chi connectivity index (χ2v) is 5.11. The molecule has 88 valence electrons. The minimum Gasteiger partial charge on any atom is -0.497 e. The van der Waals surface area contributed by atoms with E-state index in [4.69, 9.17) is 10.5 Å². The van der Waals surface area contributed by atoms with Crippen LogP contribution in [0.25, 0.3) is 0 Å². The van der Waals surface area contributed by atoms with Gasteiger partial charge in [-0.1, -0.05) is 31.9 Å². The number of hydrogen-bond acceptors (Lipinski definition) is 2. The van der Waals surface area contributed by atoms with Gasteiger partial charge in [-0.3, -0.25) is 0 Å². The Balaban J connectivity index is 2.16. The lowest BCUT2D eigenvalue weighted by atomic mass is 9.78. The highest BCUT2D eigenvalue weighted by molar-refractivity contribution is 5.30. The summed E-state index contributed by atoms with van der Waals surface area (Å²) in [6.45, 7) is 2.31. The summed E-state index contributed by atoms with van der Waals surface area (Å²) < 4.78 is 5.16. The predicted octanol–water partition coefficient (Wildman–Crippen LogP) is 3.28. The van der Waals surface area contributed by atoms with Gasteiger partial charge in [-0.05, 0) is 36.0 Å². The molecule has 2 rings (SSSR count). The zero-order chi connectivity index (χ0) is 11.6. The second-order valence-electron chi connectivity index (χ2n) is 5.11. The number of rotatable bonds is 3. The van der Waals surface area contributed by atoms with E-state index in [1.54, 1.807) is 7.11 Å². The average Bonchev–Trinajstić information content (AvgIpc) is 2.77. The quantitative estimate of drug-likeness (QED) is 0.846. The number of ether oxygens (including phenoxy) is 1. The Kier molecular flexibility index (Phi) is 3.20. The summed E-state index contributed by atoms with van der Waals surface area (Å²) in [5.74, 6) is 0.896. The molecular weight excluding hydrogens is 198 g/mol. The van der Waals surface area contributed by atoms with Crippen molar-refractivity contribution < 1.29 is 4.74 Å². The van der Waals surface area contributed by atoms with Crippen molar-refractivity contribution in [2.24, 2.45) is 11.1 Å². The molecule has 1 atom stereocenters. The molecule has 1 unspecified atom stereocenters. The Morgan fingerprint density at radius 1 is 1.19 bits per heavy atom. The number of benzene rings is 1. The van der Waals surface area contributed by atoms with Crippen molar-refractivity contribution in [3.05, 3.63) is 29.8 Å². The number of methoxy groups -OCH3 is 1. The molecule has 2 nitrogen and oxygen atoms in total. The van der Waals surface area contributed by atoms with Crippen LogP contribution in [0.3, 0.4) is 0 Å². The molecule has 16 heavy (non-hydrogen) atoms. The third-order valence-electron chi connectivity index (χ3n) is 3.97. The molecule has 0 spiro atoms. The molecule has 1 aliphatic carbocycles. The maximum absolute atomic E-state index is 6.39. The van der Waals surface area contributed by atoms with Gasteiger partial charge in [-0.15, -0.1) is 0 Å². The fourth-order valence-corrected chi connectivity index (χ4v) is 2.71. The van der Waals surface area contributed by atoms with E-state index in [-0.39, 0.29) is 11.5 Å². The zero-order valence-electron chi connectivity index (χ0n) is 10.2. The summed E-state index contributed by atoms with van der Waals surface area (Å²) in [5.41, 5.74) is 7.90. The van der Waals surface area contributed by atoms with E-state index in [1.807, 2.05) is 12.1 Å². The first kappa shape index (κ1) is 11.5. The predicted molar refractivity (Wildman–Crippen MR) is 66.5 cm³/mol. The minimum atomic E-state index is 0.154. The van der Waals surface area contributed by atoms with Crippen LogP contribution in [-0.4, -0.2) is 7.11 Å². The van der Waals surface area contributed by atoms with E-state index < -0.39 is 0 Å². The van der Waals surface area contributed by atoms with Crippen molar-refractivity contribution in [1.29, 1.82) is 0 Å². The first-order chi connectivity index (χ1) is 7.65. The Labute approximate surface area is 97.8 Å². The molecule has 1 aliphatic rings. The Bertz CT molecular complexity index is 338. The van der Waals surface area contributed by atoms with Crippen LogP contribution in [-0.2, 0) is 0 Å². The van der Waals surface area contributed by atoms with Crippen molar-refractivity contribution in [3.8, 4) is 5.75 Å². The zero-order valence-corrected chi connectivity index (χ0v) is 10.2. The maximum Gasteiger partial charge on any atom is 0.118 e. The lowest BCUT2D eigenvalue weighted by molar-refractivity contribution is 0.265. The van der Waals surface area contributed by atoms with Crippen LogP contribution in [0.5, 0.6) is 5.75 Å². The van der Waals surface area contributed by atoms with Crippen LogP contribution < -0.4 is 10.5 Å². The van der Waals surface area contributed by atoms with Crippen molar-refractivity contribution in [2.75, 3.05) is 7.11 Å². The molecule has 0 amide bonds. The smallest absolute Gasteiger partial charge is 0.118 e. The molecule has 0 aromatic heterocycles. The molecule has 0 heterocycles. The van der Waals surface area contributed by atoms with E-state index in [0.717, 1.165) is 5.75 Å². The third-order valence-corrected chi connectivity index (χ3v) is 3.97. The molecule has 0 aliphatic heterocycles. The van der Waals surface area contributed by atoms with Crippen molar-refractivity contribution in [3.63, 3.8) is 0 Å². The van der Waals surface area contributed by atoms with E-state index in [2.05, 4.69) is 19.1 Å². The van der Waals surface area contributed by atoms with Crippen LogP contribution in [0.15, 0.2) is 24.3 Å². The molecule has 0 bridgehead atoms. The van der Waals surface area contributed by atoms with Gasteiger partial charge in [0.2, 0.25) is 0 Å². The SMILES string of the molecule is COc1ccc(C(N)C2(C)CCCC2)cc1. The van der Waals surface area contributed by atoms with Crippen molar-refractivity contribution >= 4 is 0 Å². The van der Waals surface area contributed by atoms with Gasteiger partial charge in [0, 0.05) is 6.04 Å². The summed E-state index contributed by atoms with van der Waals surface area (Å²) >= 11 is 0. The first-order valence-corrected chi connectivity index (χ1v) is 6.05. The van der Waals surface area contributed by atoms with Crippen LogP contribution in [0.4, 0.5) is 0 Å². The third kappa shape index (κ3) is 2.07. The van der Waals surface area contributed by atoms with Gasteiger partial charge in [0.05, 0.1) is 7.11 Å². The summed E-state index contributed by atoms with van der Waals surface area (Å²) in [5, 5.41) is 0. The fourth-order valence-electron chi connectivity index (χ4n) is 2.71. The van der Waals surface area contributed by atoms with Crippen LogP contribution in [0, 0.1) is 5.41 Å². The summed E-state index contributed by atoms with van der Waals surface area (Å²) in [4.78, 5) is 0. The number of nitrogens with two attached hydrogens (primary N) is 1. The summed E-state index contributed by atoms with van der Waals surface area (Å²) in [7, 11) is 1.69. The van der Waals surface area contributed by atoms with E-state index >= 15 is 0 Å². The first-order valence-electron chi connectivity index (χ1n) is 6.05. The highest BCUT2D eigenvalue weighted by Crippen LogP contribution is 2.45. The van der Waals surface area contributed by atoms with E-state index in [1.165, 1.54) is 31.2 Å². The highest BCUT2D eigenvalue weighted by atomic mass is 16.5. The maximum atomic E-state index is 6.39. The monoisotopic (exact) mass is 219 g/mol. The topological polar surface area (TPSA) is 35.2 Å². The van der Waals surface area contributed by atoms with Crippen molar-refractivity contribution in [2.45, 2.75) is 38.6 Å². The highest BCUT2D eigenvalue weighted by Gasteiger charge is 2.35. The molecule has 0 saturated heterocycles. The largest absolute Gasteiger partial charge is 0.497 e. The van der Waals surface area contributed by atoms with Crippen LogP contribution >= 0.6 is 0 Å². The number of hydrogen-bond donors (Lipinski definition) is 1. The fraction of sp³-hybridized carbons (Fsp3) is 0.571. The second kappa shape index (κ2) is 4.46. The van der Waals surface area contributed by atoms with Gasteiger partial charge in [-0.2, -0.15) is 0 Å². The van der Waals surface area contributed by atoms with Gasteiger partial charge in [0.25, 0.3) is 0 Å². The van der Waals surface area contributed by atoms with Crippen molar-refractivity contribution in [1.82, 2.24) is 0 Å². The Morgan fingerprint density at radius 3 is 2.25 bits per heavy atom. The van der Waals surface area contributed by atoms with E-state index in [0.29, 0.717) is 0 Å². The molecular formula is C14H21NO. The summed E-state index contributed by atoms with van der Waals surface area (Å²) in [6, 6.07) is 8.32. The lowest BCUT2D eigenvalue weighted by Crippen LogP contribution is -2.29. The Hall–Kier alpha value is -1.02. The lowest BCUT2D eigenvalue weighted by Gasteiger charge is -2.31. The van der Waals surface area contributed by atoms with E-state index in [9.17, 15) is 0 Å². The van der Waals surface area contributed by atoms with Crippen LogP contribution in [0.2, 0.25) is 0 Å². The normalized spacial score (nSPS) is 20.7. The molecule has 2 N–H and O–H groups in total. The summed E-state index contributed by atoms with van der Waals surface area (Å²) in [6.07, 6.45) is 5.14. The van der Waals surface area contributed by atoms with Gasteiger partial charge in [-0.25, -0.2) is 0 Å². The Morgan fingerprint density at radius 2 is 1.75 bits per heavy atom. The van der Waals surface area contributed by atoms with Crippen LogP contribution in [0.1, 0.15) is 44.2 Å². The standard InChI is InChI=1S/C14H21NO/c1-14(9-3-4-10-14)13(15)11-5-7-12(16-2)8-6-11/h5-8,13H,3-4,9-10,15H2,1-2H3. The molecule has 2 heteroatoms.